The lowest BCUT2D eigenvalue weighted by Crippen LogP contribution is -2.47. The SMILES string of the molecule is CN(C)S(=O)(=O)N1CCC[C@H](C(=O)Nc2ccc(S(=O)(=O)Nc3cccc(Cl)c3Cl)cc2)C1. The number of sulfonamides is 1. The standard InChI is InChI=1S/C20H24Cl2N4O5S2/c1-25(2)33(30,31)26-12-4-5-14(13-26)20(27)23-15-8-10-16(11-9-15)32(28,29)24-18-7-3-6-17(21)19(18)22/h3,6-11,14,24H,4-5,12-13H2,1-2H3,(H,23,27)/t14-/m0/s1. The summed E-state index contributed by atoms with van der Waals surface area (Å²) in [6.07, 6.45) is 1.13. The molecule has 0 saturated carbocycles. The largest absolute Gasteiger partial charge is 0.326 e. The minimum Gasteiger partial charge on any atom is -0.326 e. The van der Waals surface area contributed by atoms with Crippen LogP contribution in [0.4, 0.5) is 11.4 Å². The van der Waals surface area contributed by atoms with Crippen molar-refractivity contribution in [2.45, 2.75) is 17.7 Å². The van der Waals surface area contributed by atoms with Gasteiger partial charge in [-0.3, -0.25) is 9.52 Å². The lowest BCUT2D eigenvalue weighted by molar-refractivity contribution is -0.120. The van der Waals surface area contributed by atoms with E-state index >= 15 is 0 Å². The van der Waals surface area contributed by atoms with Crippen molar-refractivity contribution < 1.29 is 21.6 Å². The molecule has 1 heterocycles. The van der Waals surface area contributed by atoms with Gasteiger partial charge in [0.15, 0.2) is 0 Å². The Balaban J connectivity index is 1.67. The van der Waals surface area contributed by atoms with Crippen LogP contribution >= 0.6 is 23.2 Å². The fourth-order valence-corrected chi connectivity index (χ4v) is 6.01. The summed E-state index contributed by atoms with van der Waals surface area (Å²) in [7, 11) is -4.64. The Labute approximate surface area is 203 Å². The molecule has 0 bridgehead atoms. The van der Waals surface area contributed by atoms with Crippen LogP contribution in [0.15, 0.2) is 47.4 Å². The summed E-state index contributed by atoms with van der Waals surface area (Å²) in [5.41, 5.74) is 0.545. The van der Waals surface area contributed by atoms with Gasteiger partial charge in [-0.15, -0.1) is 0 Å². The molecule has 180 valence electrons. The number of nitrogens with one attached hydrogen (secondary N) is 2. The third kappa shape index (κ3) is 5.97. The number of rotatable bonds is 7. The molecule has 3 rings (SSSR count). The molecule has 2 aromatic carbocycles. The van der Waals surface area contributed by atoms with Crippen LogP contribution in [-0.2, 0) is 25.0 Å². The third-order valence-corrected chi connectivity index (χ3v) is 9.28. The lowest BCUT2D eigenvalue weighted by Gasteiger charge is -2.32. The van der Waals surface area contributed by atoms with E-state index in [1.165, 1.54) is 48.7 Å². The van der Waals surface area contributed by atoms with Crippen molar-refractivity contribution in [1.29, 1.82) is 0 Å². The highest BCUT2D eigenvalue weighted by molar-refractivity contribution is 7.92. The predicted molar refractivity (Wildman–Crippen MR) is 129 cm³/mol. The van der Waals surface area contributed by atoms with Gasteiger partial charge in [-0.25, -0.2) is 8.42 Å². The highest BCUT2D eigenvalue weighted by atomic mass is 35.5. The highest BCUT2D eigenvalue weighted by Gasteiger charge is 2.33. The van der Waals surface area contributed by atoms with Gasteiger partial charge >= 0.3 is 0 Å². The second kappa shape index (κ2) is 10.2. The molecule has 13 heteroatoms. The monoisotopic (exact) mass is 534 g/mol. The summed E-state index contributed by atoms with van der Waals surface area (Å²) < 4.78 is 54.8. The van der Waals surface area contributed by atoms with E-state index in [9.17, 15) is 21.6 Å². The molecule has 9 nitrogen and oxygen atoms in total. The Kier molecular flexibility index (Phi) is 7.92. The lowest BCUT2D eigenvalue weighted by atomic mass is 9.99. The van der Waals surface area contributed by atoms with E-state index in [4.69, 9.17) is 23.2 Å². The molecule has 0 aliphatic carbocycles. The summed E-state index contributed by atoms with van der Waals surface area (Å²) in [6.45, 7) is 0.448. The van der Waals surface area contributed by atoms with Crippen LogP contribution in [0.1, 0.15) is 12.8 Å². The van der Waals surface area contributed by atoms with Gasteiger partial charge in [-0.2, -0.15) is 17.0 Å². The molecule has 0 unspecified atom stereocenters. The molecule has 1 atom stereocenters. The second-order valence-electron chi connectivity index (χ2n) is 7.71. The maximum absolute atomic E-state index is 12.7. The van der Waals surface area contributed by atoms with Gasteiger partial charge in [0, 0.05) is 32.9 Å². The maximum atomic E-state index is 12.7. The Morgan fingerprint density at radius 2 is 1.73 bits per heavy atom. The van der Waals surface area contributed by atoms with E-state index in [1.807, 2.05) is 0 Å². The molecule has 1 saturated heterocycles. The van der Waals surface area contributed by atoms with E-state index in [0.29, 0.717) is 25.1 Å². The van der Waals surface area contributed by atoms with E-state index in [2.05, 4.69) is 10.0 Å². The zero-order valence-electron chi connectivity index (χ0n) is 18.0. The summed E-state index contributed by atoms with van der Waals surface area (Å²) in [5, 5.41) is 3.03. The van der Waals surface area contributed by atoms with E-state index in [0.717, 1.165) is 4.31 Å². The van der Waals surface area contributed by atoms with Crippen LogP contribution in [-0.4, -0.2) is 58.5 Å². The molecular formula is C20H24Cl2N4O5S2. The number of hydrogen-bond acceptors (Lipinski definition) is 5. The van der Waals surface area contributed by atoms with Crippen molar-refractivity contribution in [2.24, 2.45) is 5.92 Å². The number of hydrogen-bond donors (Lipinski definition) is 2. The second-order valence-corrected chi connectivity index (χ2v) is 12.3. The summed E-state index contributed by atoms with van der Waals surface area (Å²) in [5.74, 6) is -0.836. The number of anilines is 2. The van der Waals surface area contributed by atoms with Crippen molar-refractivity contribution in [1.82, 2.24) is 8.61 Å². The topological polar surface area (TPSA) is 116 Å². The van der Waals surface area contributed by atoms with Gasteiger partial charge < -0.3 is 5.32 Å². The van der Waals surface area contributed by atoms with Gasteiger partial charge in [-0.05, 0) is 49.2 Å². The van der Waals surface area contributed by atoms with E-state index in [1.54, 1.807) is 12.1 Å². The van der Waals surface area contributed by atoms with Crippen molar-refractivity contribution in [3.8, 4) is 0 Å². The number of benzene rings is 2. The maximum Gasteiger partial charge on any atom is 0.281 e. The van der Waals surface area contributed by atoms with Crippen LogP contribution in [0, 0.1) is 5.92 Å². The number of piperidine rings is 1. The Bertz CT molecular complexity index is 1240. The molecular weight excluding hydrogens is 511 g/mol. The van der Waals surface area contributed by atoms with E-state index in [-0.39, 0.29) is 33.1 Å². The number of halogens is 2. The summed E-state index contributed by atoms with van der Waals surface area (Å²) in [6, 6.07) is 10.2. The smallest absolute Gasteiger partial charge is 0.281 e. The fraction of sp³-hybridized carbons (Fsp3) is 0.350. The minimum absolute atomic E-state index is 0.0301. The molecule has 1 fully saturated rings. The van der Waals surface area contributed by atoms with Crippen LogP contribution in [0.2, 0.25) is 10.0 Å². The molecule has 2 N–H and O–H groups in total. The average Bonchev–Trinajstić information content (AvgIpc) is 2.77. The van der Waals surface area contributed by atoms with E-state index < -0.39 is 26.2 Å². The Hall–Kier alpha value is -1.89. The molecule has 1 amide bonds. The Morgan fingerprint density at radius 3 is 2.36 bits per heavy atom. The molecule has 0 spiro atoms. The van der Waals surface area contributed by atoms with Gasteiger partial charge in [0.25, 0.3) is 20.2 Å². The number of carbonyl (C=O) groups excluding carboxylic acids is 1. The zero-order chi connectivity index (χ0) is 24.4. The first-order valence-electron chi connectivity index (χ1n) is 9.97. The van der Waals surface area contributed by atoms with Gasteiger partial charge in [0.2, 0.25) is 5.91 Å². The van der Waals surface area contributed by atoms with Crippen molar-refractivity contribution in [3.05, 3.63) is 52.5 Å². The Morgan fingerprint density at radius 1 is 1.06 bits per heavy atom. The first-order chi connectivity index (χ1) is 15.4. The van der Waals surface area contributed by atoms with Crippen molar-refractivity contribution >= 4 is 60.7 Å². The predicted octanol–water partition coefficient (Wildman–Crippen LogP) is 3.25. The quantitative estimate of drug-likeness (QED) is 0.565. The van der Waals surface area contributed by atoms with Crippen molar-refractivity contribution in [3.63, 3.8) is 0 Å². The van der Waals surface area contributed by atoms with Gasteiger partial charge in [-0.1, -0.05) is 29.3 Å². The van der Waals surface area contributed by atoms with Crippen LogP contribution < -0.4 is 10.0 Å². The molecule has 1 aliphatic heterocycles. The van der Waals surface area contributed by atoms with Crippen LogP contribution in [0.3, 0.4) is 0 Å². The normalized spacial score (nSPS) is 17.7. The van der Waals surface area contributed by atoms with Crippen LogP contribution in [0.25, 0.3) is 0 Å². The fourth-order valence-electron chi connectivity index (χ4n) is 3.34. The molecule has 33 heavy (non-hydrogen) atoms. The average molecular weight is 535 g/mol. The third-order valence-electron chi connectivity index (χ3n) is 5.17. The zero-order valence-corrected chi connectivity index (χ0v) is 21.1. The highest BCUT2D eigenvalue weighted by Crippen LogP contribution is 2.31. The first kappa shape index (κ1) is 25.7. The molecule has 0 radical (unpaired) electrons. The van der Waals surface area contributed by atoms with Crippen molar-refractivity contribution in [2.75, 3.05) is 37.2 Å². The first-order valence-corrected chi connectivity index (χ1v) is 13.6. The number of amides is 1. The van der Waals surface area contributed by atoms with Crippen LogP contribution in [0.5, 0.6) is 0 Å². The minimum atomic E-state index is -3.93. The molecule has 0 aromatic heterocycles. The van der Waals surface area contributed by atoms with Gasteiger partial charge in [0.1, 0.15) is 0 Å². The number of carbonyl (C=O) groups is 1. The molecule has 2 aromatic rings. The molecule has 1 aliphatic rings. The summed E-state index contributed by atoms with van der Waals surface area (Å²) in [4.78, 5) is 12.7. The summed E-state index contributed by atoms with van der Waals surface area (Å²) >= 11 is 12.0. The van der Waals surface area contributed by atoms with Gasteiger partial charge in [0.05, 0.1) is 26.5 Å². The number of nitrogens with zero attached hydrogens (tertiary/aromatic N) is 2.